The fourth-order valence-corrected chi connectivity index (χ4v) is 5.19. The van der Waals surface area contributed by atoms with Crippen molar-refractivity contribution >= 4 is 34.5 Å². The second-order valence-electron chi connectivity index (χ2n) is 7.55. The molecule has 162 valence electrons. The summed E-state index contributed by atoms with van der Waals surface area (Å²) in [6, 6.07) is 13.7. The number of nitrogens with zero attached hydrogens (tertiary/aromatic N) is 1. The minimum atomic E-state index is -0.0455. The van der Waals surface area contributed by atoms with E-state index in [1.165, 1.54) is 10.4 Å². The van der Waals surface area contributed by atoms with Gasteiger partial charge in [0.2, 0.25) is 5.91 Å². The van der Waals surface area contributed by atoms with E-state index in [0.29, 0.717) is 17.3 Å². The van der Waals surface area contributed by atoms with Crippen LogP contribution in [0.25, 0.3) is 0 Å². The van der Waals surface area contributed by atoms with E-state index >= 15 is 0 Å². The molecule has 5 nitrogen and oxygen atoms in total. The van der Waals surface area contributed by atoms with Crippen molar-refractivity contribution in [2.24, 2.45) is 0 Å². The monoisotopic (exact) mass is 456 g/mol. The predicted molar refractivity (Wildman–Crippen MR) is 126 cm³/mol. The Hall–Kier alpha value is -2.54. The van der Waals surface area contributed by atoms with Crippen molar-refractivity contribution in [3.8, 4) is 11.5 Å². The van der Waals surface area contributed by atoms with Gasteiger partial charge in [-0.05, 0) is 71.8 Å². The predicted octanol–water partition coefficient (Wildman–Crippen LogP) is 5.31. The number of benzene rings is 2. The highest BCUT2D eigenvalue weighted by Gasteiger charge is 2.32. The summed E-state index contributed by atoms with van der Waals surface area (Å²) in [5.41, 5.74) is 4.10. The smallest absolute Gasteiger partial charge is 0.238 e. The molecule has 1 atom stereocenters. The van der Waals surface area contributed by atoms with Gasteiger partial charge in [0.15, 0.2) is 11.5 Å². The zero-order valence-corrected chi connectivity index (χ0v) is 19.3. The lowest BCUT2D eigenvalue weighted by molar-refractivity contribution is -0.117. The molecule has 31 heavy (non-hydrogen) atoms. The Morgan fingerprint density at radius 1 is 1.19 bits per heavy atom. The minimum Gasteiger partial charge on any atom is -0.493 e. The van der Waals surface area contributed by atoms with Gasteiger partial charge in [-0.15, -0.1) is 11.3 Å². The number of hydrogen-bond acceptors (Lipinski definition) is 5. The van der Waals surface area contributed by atoms with Gasteiger partial charge in [0.25, 0.3) is 0 Å². The number of anilines is 1. The number of methoxy groups -OCH3 is 2. The lowest BCUT2D eigenvalue weighted by Crippen LogP contribution is -2.41. The average molecular weight is 457 g/mol. The van der Waals surface area contributed by atoms with E-state index in [1.807, 2.05) is 31.2 Å². The van der Waals surface area contributed by atoms with Gasteiger partial charge in [-0.25, -0.2) is 0 Å². The van der Waals surface area contributed by atoms with Gasteiger partial charge in [0.05, 0.1) is 26.8 Å². The van der Waals surface area contributed by atoms with Crippen molar-refractivity contribution in [1.29, 1.82) is 0 Å². The number of thiophene rings is 1. The van der Waals surface area contributed by atoms with Gasteiger partial charge >= 0.3 is 0 Å². The summed E-state index contributed by atoms with van der Waals surface area (Å²) >= 11 is 7.74. The van der Waals surface area contributed by atoms with E-state index in [4.69, 9.17) is 21.1 Å². The number of amides is 1. The molecule has 0 aliphatic carbocycles. The SMILES string of the molecule is COc1cc2c(cc1OC)[C@@H](c1cccs1)N(CC(=O)Nc1ccc(Cl)cc1C)CC2. The number of aryl methyl sites for hydroxylation is 1. The third kappa shape index (κ3) is 4.56. The van der Waals surface area contributed by atoms with Gasteiger partial charge in [-0.1, -0.05) is 17.7 Å². The van der Waals surface area contributed by atoms with E-state index < -0.39 is 0 Å². The van der Waals surface area contributed by atoms with Crippen LogP contribution in [0.5, 0.6) is 11.5 Å². The van der Waals surface area contributed by atoms with Crippen LogP contribution in [0.3, 0.4) is 0 Å². The van der Waals surface area contributed by atoms with E-state index in [2.05, 4.69) is 27.7 Å². The first-order valence-corrected chi connectivity index (χ1v) is 11.3. The van der Waals surface area contributed by atoms with Crippen LogP contribution in [0.4, 0.5) is 5.69 Å². The summed E-state index contributed by atoms with van der Waals surface area (Å²) in [5.74, 6) is 1.39. The minimum absolute atomic E-state index is 0.0133. The van der Waals surface area contributed by atoms with Gasteiger partial charge in [-0.3, -0.25) is 9.69 Å². The molecule has 3 aromatic rings. The molecule has 1 N–H and O–H groups in total. The molecular weight excluding hydrogens is 432 g/mol. The molecule has 1 aromatic heterocycles. The zero-order valence-electron chi connectivity index (χ0n) is 17.8. The van der Waals surface area contributed by atoms with Gasteiger partial charge in [0, 0.05) is 22.1 Å². The molecule has 0 bridgehead atoms. The molecule has 2 aromatic carbocycles. The fourth-order valence-electron chi connectivity index (χ4n) is 4.09. The Balaban J connectivity index is 1.62. The van der Waals surface area contributed by atoms with Crippen molar-refractivity contribution in [1.82, 2.24) is 4.90 Å². The van der Waals surface area contributed by atoms with Crippen LogP contribution in [-0.4, -0.2) is 38.1 Å². The van der Waals surface area contributed by atoms with Crippen molar-refractivity contribution < 1.29 is 14.3 Å². The average Bonchev–Trinajstić information content (AvgIpc) is 3.29. The molecule has 1 aliphatic rings. The Bertz CT molecular complexity index is 1080. The molecule has 0 saturated carbocycles. The zero-order chi connectivity index (χ0) is 22.0. The van der Waals surface area contributed by atoms with Crippen molar-refractivity contribution in [3.05, 3.63) is 74.4 Å². The maximum Gasteiger partial charge on any atom is 0.238 e. The molecule has 0 radical (unpaired) electrons. The molecule has 0 saturated heterocycles. The van der Waals surface area contributed by atoms with Crippen molar-refractivity contribution in [2.45, 2.75) is 19.4 Å². The number of carbonyl (C=O) groups excluding carboxylic acids is 1. The number of ether oxygens (including phenoxy) is 2. The quantitative estimate of drug-likeness (QED) is 0.545. The van der Waals surface area contributed by atoms with Gasteiger partial charge in [0.1, 0.15) is 0 Å². The van der Waals surface area contributed by atoms with Crippen molar-refractivity contribution in [2.75, 3.05) is 32.6 Å². The molecule has 1 amide bonds. The lowest BCUT2D eigenvalue weighted by Gasteiger charge is -2.37. The Morgan fingerprint density at radius 3 is 2.65 bits per heavy atom. The third-order valence-corrected chi connectivity index (χ3v) is 6.76. The molecule has 0 fully saturated rings. The summed E-state index contributed by atoms with van der Waals surface area (Å²) < 4.78 is 11.1. The molecular formula is C24H25ClN2O3S. The maximum atomic E-state index is 12.9. The maximum absolute atomic E-state index is 12.9. The first kappa shape index (κ1) is 21.7. The van der Waals surface area contributed by atoms with Crippen LogP contribution in [0.15, 0.2) is 47.8 Å². The largest absolute Gasteiger partial charge is 0.493 e. The van der Waals surface area contributed by atoms with Crippen molar-refractivity contribution in [3.63, 3.8) is 0 Å². The standard InChI is InChI=1S/C24H25ClN2O3S/c1-15-11-17(25)6-7-19(15)26-23(28)14-27-9-8-16-12-20(29-2)21(30-3)13-18(16)24(27)22-5-4-10-31-22/h4-7,10-13,24H,8-9,14H2,1-3H3,(H,26,28)/t24-/m0/s1. The molecule has 0 spiro atoms. The highest BCUT2D eigenvalue weighted by atomic mass is 35.5. The van der Waals surface area contributed by atoms with E-state index in [-0.39, 0.29) is 11.9 Å². The topological polar surface area (TPSA) is 50.8 Å². The van der Waals surface area contributed by atoms with Crippen LogP contribution in [0.1, 0.15) is 27.6 Å². The second-order valence-corrected chi connectivity index (χ2v) is 8.97. The van der Waals surface area contributed by atoms with E-state index in [9.17, 15) is 4.79 Å². The summed E-state index contributed by atoms with van der Waals surface area (Å²) in [6.07, 6.45) is 0.838. The Labute approximate surface area is 191 Å². The van der Waals surface area contributed by atoms with Crippen LogP contribution < -0.4 is 14.8 Å². The highest BCUT2D eigenvalue weighted by molar-refractivity contribution is 7.10. The first-order valence-electron chi connectivity index (χ1n) is 10.1. The number of halogens is 1. The summed E-state index contributed by atoms with van der Waals surface area (Å²) in [4.78, 5) is 16.4. The lowest BCUT2D eigenvalue weighted by atomic mass is 9.91. The summed E-state index contributed by atoms with van der Waals surface area (Å²) in [6.45, 7) is 3.00. The molecule has 4 rings (SSSR count). The molecule has 7 heteroatoms. The number of hydrogen-bond donors (Lipinski definition) is 1. The summed E-state index contributed by atoms with van der Waals surface area (Å²) in [7, 11) is 3.30. The molecule has 0 unspecified atom stereocenters. The number of nitrogens with one attached hydrogen (secondary N) is 1. The van der Waals surface area contributed by atoms with Gasteiger partial charge in [-0.2, -0.15) is 0 Å². The fraction of sp³-hybridized carbons (Fsp3) is 0.292. The van der Waals surface area contributed by atoms with E-state index in [0.717, 1.165) is 35.5 Å². The number of fused-ring (bicyclic) bond motifs is 1. The molecule has 1 aliphatic heterocycles. The van der Waals surface area contributed by atoms with E-state index in [1.54, 1.807) is 31.6 Å². The molecule has 2 heterocycles. The Kier molecular flexibility index (Phi) is 6.51. The highest BCUT2D eigenvalue weighted by Crippen LogP contribution is 2.42. The third-order valence-electron chi connectivity index (χ3n) is 5.60. The second kappa shape index (κ2) is 9.30. The number of rotatable bonds is 6. The summed E-state index contributed by atoms with van der Waals surface area (Å²) in [5, 5.41) is 5.76. The van der Waals surface area contributed by atoms with Crippen LogP contribution in [0, 0.1) is 6.92 Å². The van der Waals surface area contributed by atoms with Crippen LogP contribution >= 0.6 is 22.9 Å². The first-order chi connectivity index (χ1) is 15.0. The van der Waals surface area contributed by atoms with Crippen LogP contribution in [0.2, 0.25) is 5.02 Å². The van der Waals surface area contributed by atoms with Crippen LogP contribution in [-0.2, 0) is 11.2 Å². The van der Waals surface area contributed by atoms with Gasteiger partial charge < -0.3 is 14.8 Å². The normalized spacial score (nSPS) is 15.9. The Morgan fingerprint density at radius 2 is 1.97 bits per heavy atom. The number of carbonyl (C=O) groups is 1.